The molecule has 0 N–H and O–H groups in total. The maximum atomic E-state index is 2.24. The van der Waals surface area contributed by atoms with Gasteiger partial charge in [0.2, 0.25) is 0 Å². The monoisotopic (exact) mass is 391 g/mol. The van der Waals surface area contributed by atoms with Gasteiger partial charge in [-0.25, -0.2) is 11.6 Å². The number of hydrogen-bond donors (Lipinski definition) is 0. The SMILES string of the molecule is Cc1c[c-](C)c(C)c1C.Cc1cc[cH-]c1.[Cl-].[Cl-].[SiH3].[Zr+4]. The summed E-state index contributed by atoms with van der Waals surface area (Å²) in [7, 11) is 0. The summed E-state index contributed by atoms with van der Waals surface area (Å²) in [5.74, 6) is 0. The summed E-state index contributed by atoms with van der Waals surface area (Å²) in [6.45, 7) is 10.8. The first-order chi connectivity index (χ1) is 7.02. The number of rotatable bonds is 0. The van der Waals surface area contributed by atoms with E-state index >= 15 is 0 Å². The van der Waals surface area contributed by atoms with Crippen molar-refractivity contribution < 1.29 is 51.0 Å². The van der Waals surface area contributed by atoms with Crippen LogP contribution in [0.25, 0.3) is 0 Å². The van der Waals surface area contributed by atoms with E-state index in [0.717, 1.165) is 0 Å². The predicted octanol–water partition coefficient (Wildman–Crippen LogP) is -2.83. The average molecular weight is 394 g/mol. The van der Waals surface area contributed by atoms with Crippen LogP contribution in [0.3, 0.4) is 0 Å². The Morgan fingerprint density at radius 2 is 1.58 bits per heavy atom. The zero-order valence-corrected chi connectivity index (χ0v) is 18.6. The molecule has 1 radical (unpaired) electrons. The fraction of sp³-hybridized carbons (Fsp3) is 0.333. The maximum Gasteiger partial charge on any atom is 4.00 e. The molecule has 0 bridgehead atoms. The summed E-state index contributed by atoms with van der Waals surface area (Å²) in [5.41, 5.74) is 7.09. The summed E-state index contributed by atoms with van der Waals surface area (Å²) in [4.78, 5) is 0. The molecule has 0 aliphatic heterocycles. The second-order valence-corrected chi connectivity index (χ2v) is 4.22. The van der Waals surface area contributed by atoms with E-state index in [1.54, 1.807) is 0 Å². The number of hydrogen-bond acceptors (Lipinski definition) is 0. The van der Waals surface area contributed by atoms with Gasteiger partial charge >= 0.3 is 26.2 Å². The van der Waals surface area contributed by atoms with Gasteiger partial charge in [0.1, 0.15) is 0 Å². The standard InChI is InChI=1S/C9H13.C6H7.2ClH.H3Si.Zr/c1-6-5-7(2)9(4)8(6)3;1-6-4-2-3-5-6;;;;/h5H,1-4H3;2-5H,1H3;2*1H;1H3;/q2*-1;;;;+4/p-2. The molecule has 105 valence electrons. The van der Waals surface area contributed by atoms with Crippen molar-refractivity contribution in [3.8, 4) is 0 Å². The summed E-state index contributed by atoms with van der Waals surface area (Å²) in [6, 6.07) is 10.5. The Morgan fingerprint density at radius 1 is 1.05 bits per heavy atom. The molecule has 0 saturated heterocycles. The molecule has 0 unspecified atom stereocenters. The molecule has 2 rings (SSSR count). The molecule has 0 aliphatic rings. The van der Waals surface area contributed by atoms with Crippen LogP contribution in [0.15, 0.2) is 30.3 Å². The topological polar surface area (TPSA) is 0 Å². The minimum atomic E-state index is 0. The van der Waals surface area contributed by atoms with Crippen LogP contribution < -0.4 is 24.8 Å². The van der Waals surface area contributed by atoms with Gasteiger partial charge in [0.05, 0.1) is 0 Å². The van der Waals surface area contributed by atoms with Crippen LogP contribution in [-0.2, 0) is 26.2 Å². The van der Waals surface area contributed by atoms with E-state index in [-0.39, 0.29) is 62.0 Å². The fourth-order valence-electron chi connectivity index (χ4n) is 1.60. The first kappa shape index (κ1) is 27.7. The van der Waals surface area contributed by atoms with Crippen molar-refractivity contribution in [3.05, 3.63) is 58.1 Å². The van der Waals surface area contributed by atoms with Crippen LogP contribution >= 0.6 is 0 Å². The molecule has 0 atom stereocenters. The summed E-state index contributed by atoms with van der Waals surface area (Å²) < 4.78 is 0. The Balaban J connectivity index is -0.000000102. The minimum absolute atomic E-state index is 0. The zero-order chi connectivity index (χ0) is 11.4. The Labute approximate surface area is 154 Å². The number of aryl methyl sites for hydroxylation is 3. The van der Waals surface area contributed by atoms with E-state index in [1.165, 1.54) is 27.8 Å². The van der Waals surface area contributed by atoms with Crippen molar-refractivity contribution in [1.82, 2.24) is 0 Å². The van der Waals surface area contributed by atoms with Gasteiger partial charge < -0.3 is 24.8 Å². The van der Waals surface area contributed by atoms with Gasteiger partial charge in [-0.1, -0.05) is 34.6 Å². The average Bonchev–Trinajstić information content (AvgIpc) is 2.73. The largest absolute Gasteiger partial charge is 4.00 e. The summed E-state index contributed by atoms with van der Waals surface area (Å²) in [5, 5.41) is 0. The van der Waals surface area contributed by atoms with E-state index in [0.29, 0.717) is 0 Å². The van der Waals surface area contributed by atoms with Gasteiger partial charge in [0, 0.05) is 0 Å². The van der Waals surface area contributed by atoms with Crippen molar-refractivity contribution in [2.24, 2.45) is 0 Å². The summed E-state index contributed by atoms with van der Waals surface area (Å²) in [6.07, 6.45) is 0. The molecular formula is C15H23Cl2SiZr. The molecule has 0 saturated carbocycles. The zero-order valence-electron chi connectivity index (χ0n) is 12.6. The second kappa shape index (κ2) is 13.4. The van der Waals surface area contributed by atoms with Crippen LogP contribution in [0, 0.1) is 34.6 Å². The smallest absolute Gasteiger partial charge is 1.00 e. The van der Waals surface area contributed by atoms with Gasteiger partial charge in [0.25, 0.3) is 0 Å². The van der Waals surface area contributed by atoms with Crippen molar-refractivity contribution in [3.63, 3.8) is 0 Å². The molecule has 2 aromatic carbocycles. The Kier molecular flexibility index (Phi) is 19.5. The molecule has 0 nitrogen and oxygen atoms in total. The summed E-state index contributed by atoms with van der Waals surface area (Å²) >= 11 is 0. The molecule has 0 fully saturated rings. The van der Waals surface area contributed by atoms with Crippen molar-refractivity contribution in [1.29, 1.82) is 0 Å². The third kappa shape index (κ3) is 9.02. The van der Waals surface area contributed by atoms with Crippen molar-refractivity contribution in [2.75, 3.05) is 0 Å². The van der Waals surface area contributed by atoms with Crippen molar-refractivity contribution >= 4 is 11.0 Å². The minimum Gasteiger partial charge on any atom is -1.00 e. The molecule has 0 aromatic heterocycles. The third-order valence-corrected chi connectivity index (χ3v) is 3.01. The molecule has 0 spiro atoms. The van der Waals surface area contributed by atoms with Gasteiger partial charge in [0.15, 0.2) is 0 Å². The van der Waals surface area contributed by atoms with E-state index < -0.39 is 0 Å². The van der Waals surface area contributed by atoms with E-state index in [4.69, 9.17) is 0 Å². The van der Waals surface area contributed by atoms with Gasteiger partial charge in [-0.15, -0.1) is 0 Å². The molecule has 19 heavy (non-hydrogen) atoms. The van der Waals surface area contributed by atoms with Crippen LogP contribution in [0.1, 0.15) is 27.8 Å². The van der Waals surface area contributed by atoms with Gasteiger partial charge in [-0.3, -0.25) is 0 Å². The fourth-order valence-corrected chi connectivity index (χ4v) is 1.60. The van der Waals surface area contributed by atoms with Crippen LogP contribution in [0.2, 0.25) is 0 Å². The van der Waals surface area contributed by atoms with Gasteiger partial charge in [-0.2, -0.15) is 46.5 Å². The van der Waals surface area contributed by atoms with E-state index in [9.17, 15) is 0 Å². The van der Waals surface area contributed by atoms with Crippen LogP contribution in [-0.4, -0.2) is 11.0 Å². The third-order valence-electron chi connectivity index (χ3n) is 3.01. The molecule has 0 heterocycles. The van der Waals surface area contributed by atoms with E-state index in [1.807, 2.05) is 12.1 Å². The molecule has 2 aromatic rings. The van der Waals surface area contributed by atoms with Crippen molar-refractivity contribution in [2.45, 2.75) is 34.6 Å². The molecular weight excluding hydrogens is 370 g/mol. The Hall–Kier alpha value is 0.380. The quantitative estimate of drug-likeness (QED) is 0.335. The molecule has 0 amide bonds. The van der Waals surface area contributed by atoms with Crippen LogP contribution in [0.4, 0.5) is 0 Å². The Bertz CT molecular complexity index is 397. The number of halogens is 2. The van der Waals surface area contributed by atoms with Gasteiger partial charge in [-0.05, 0) is 11.0 Å². The second-order valence-electron chi connectivity index (χ2n) is 4.22. The normalized spacial score (nSPS) is 7.63. The first-order valence-electron chi connectivity index (χ1n) is 5.40. The molecule has 0 aliphatic carbocycles. The Morgan fingerprint density at radius 3 is 1.68 bits per heavy atom. The van der Waals surface area contributed by atoms with Crippen LogP contribution in [0.5, 0.6) is 0 Å². The maximum absolute atomic E-state index is 2.24. The molecule has 4 heteroatoms. The predicted molar refractivity (Wildman–Crippen MR) is 77.7 cm³/mol. The first-order valence-corrected chi connectivity index (χ1v) is 5.40. The van der Waals surface area contributed by atoms with E-state index in [2.05, 4.69) is 52.8 Å².